The summed E-state index contributed by atoms with van der Waals surface area (Å²) in [7, 11) is 1.79. The van der Waals surface area contributed by atoms with Crippen LogP contribution in [0.3, 0.4) is 0 Å². The van der Waals surface area contributed by atoms with Crippen LogP contribution in [0.5, 0.6) is 0 Å². The van der Waals surface area contributed by atoms with Crippen molar-refractivity contribution in [2.45, 2.75) is 13.1 Å². The zero-order chi connectivity index (χ0) is 15.4. The van der Waals surface area contributed by atoms with Gasteiger partial charge in [0.15, 0.2) is 0 Å². The number of aromatic carboxylic acids is 1. The number of benzene rings is 2. The zero-order valence-corrected chi connectivity index (χ0v) is 11.5. The van der Waals surface area contributed by atoms with Gasteiger partial charge in [0.1, 0.15) is 11.6 Å². The van der Waals surface area contributed by atoms with Gasteiger partial charge in [-0.3, -0.25) is 4.90 Å². The summed E-state index contributed by atoms with van der Waals surface area (Å²) < 4.78 is 26.2. The Morgan fingerprint density at radius 2 is 1.81 bits per heavy atom. The molecule has 0 amide bonds. The zero-order valence-electron chi connectivity index (χ0n) is 11.5. The Morgan fingerprint density at radius 3 is 2.48 bits per heavy atom. The molecule has 2 aromatic carbocycles. The lowest BCUT2D eigenvalue weighted by Crippen LogP contribution is -2.19. The molecule has 0 aliphatic carbocycles. The average Bonchev–Trinajstić information content (AvgIpc) is 2.40. The van der Waals surface area contributed by atoms with Crippen molar-refractivity contribution < 1.29 is 18.7 Å². The van der Waals surface area contributed by atoms with Crippen LogP contribution in [0.2, 0.25) is 0 Å². The molecule has 0 aliphatic heterocycles. The molecular formula is C16H15F2NO2. The molecule has 2 rings (SSSR count). The summed E-state index contributed by atoms with van der Waals surface area (Å²) in [6, 6.07) is 9.92. The highest BCUT2D eigenvalue weighted by Crippen LogP contribution is 2.15. The Hall–Kier alpha value is -2.27. The maximum absolute atomic E-state index is 13.1. The molecule has 0 atom stereocenters. The number of carboxylic acids is 1. The molecule has 0 aromatic heterocycles. The lowest BCUT2D eigenvalue weighted by atomic mass is 10.1. The summed E-state index contributed by atoms with van der Waals surface area (Å²) in [4.78, 5) is 13.0. The molecule has 0 spiro atoms. The molecule has 0 saturated carbocycles. The van der Waals surface area contributed by atoms with Gasteiger partial charge >= 0.3 is 5.97 Å². The van der Waals surface area contributed by atoms with E-state index in [-0.39, 0.29) is 11.4 Å². The van der Waals surface area contributed by atoms with Gasteiger partial charge in [0.2, 0.25) is 0 Å². The van der Waals surface area contributed by atoms with E-state index >= 15 is 0 Å². The predicted molar refractivity (Wildman–Crippen MR) is 74.9 cm³/mol. The molecule has 0 bridgehead atoms. The second kappa shape index (κ2) is 6.45. The number of carbonyl (C=O) groups is 1. The first-order valence-corrected chi connectivity index (χ1v) is 6.40. The molecule has 0 fully saturated rings. The monoisotopic (exact) mass is 291 g/mol. The third kappa shape index (κ3) is 4.10. The van der Waals surface area contributed by atoms with E-state index < -0.39 is 11.8 Å². The van der Waals surface area contributed by atoms with Crippen molar-refractivity contribution in [1.82, 2.24) is 4.90 Å². The Kier molecular flexibility index (Phi) is 4.65. The van der Waals surface area contributed by atoms with Crippen LogP contribution in [-0.4, -0.2) is 23.0 Å². The normalized spacial score (nSPS) is 10.9. The quantitative estimate of drug-likeness (QED) is 0.919. The molecule has 3 nitrogen and oxygen atoms in total. The lowest BCUT2D eigenvalue weighted by molar-refractivity contribution is 0.0694. The summed E-state index contributed by atoms with van der Waals surface area (Å²) in [5.41, 5.74) is 1.25. The first-order chi connectivity index (χ1) is 9.95. The van der Waals surface area contributed by atoms with Crippen LogP contribution in [-0.2, 0) is 13.1 Å². The van der Waals surface area contributed by atoms with E-state index in [1.54, 1.807) is 19.2 Å². The Labute approximate surface area is 121 Å². The fourth-order valence-electron chi connectivity index (χ4n) is 2.18. The smallest absolute Gasteiger partial charge is 0.336 e. The van der Waals surface area contributed by atoms with Crippen LogP contribution in [0.25, 0.3) is 0 Å². The highest BCUT2D eigenvalue weighted by molar-refractivity contribution is 5.89. The van der Waals surface area contributed by atoms with Crippen molar-refractivity contribution >= 4 is 5.97 Å². The lowest BCUT2D eigenvalue weighted by Gasteiger charge is -2.18. The fraction of sp³-hybridized carbons (Fsp3) is 0.188. The minimum atomic E-state index is -1.16. The Morgan fingerprint density at radius 1 is 1.10 bits per heavy atom. The van der Waals surface area contributed by atoms with E-state index in [9.17, 15) is 13.6 Å². The van der Waals surface area contributed by atoms with Crippen molar-refractivity contribution in [3.63, 3.8) is 0 Å². The van der Waals surface area contributed by atoms with Crippen molar-refractivity contribution in [1.29, 1.82) is 0 Å². The number of carboxylic acid groups (broad SMARTS) is 1. The summed E-state index contributed by atoms with van der Waals surface area (Å²) in [6.45, 7) is 0.798. The molecule has 1 N–H and O–H groups in total. The summed E-state index contributed by atoms with van der Waals surface area (Å²) in [5.74, 6) is -2.05. The highest BCUT2D eigenvalue weighted by atomic mass is 19.1. The van der Waals surface area contributed by atoms with Gasteiger partial charge in [-0.15, -0.1) is 0 Å². The van der Waals surface area contributed by atoms with Crippen LogP contribution >= 0.6 is 0 Å². The van der Waals surface area contributed by atoms with Gasteiger partial charge in [-0.05, 0) is 42.4 Å². The molecule has 0 radical (unpaired) electrons. The van der Waals surface area contributed by atoms with E-state index in [4.69, 9.17) is 5.11 Å². The number of halogens is 2. The third-order valence-corrected chi connectivity index (χ3v) is 3.08. The number of rotatable bonds is 5. The van der Waals surface area contributed by atoms with Crippen molar-refractivity contribution in [2.75, 3.05) is 7.05 Å². The predicted octanol–water partition coefficient (Wildman–Crippen LogP) is 3.30. The Balaban J connectivity index is 2.12. The molecule has 110 valence electrons. The van der Waals surface area contributed by atoms with E-state index in [0.29, 0.717) is 18.7 Å². The van der Waals surface area contributed by atoms with Gasteiger partial charge in [0.25, 0.3) is 0 Å². The molecule has 0 aliphatic rings. The number of hydrogen-bond donors (Lipinski definition) is 1. The maximum Gasteiger partial charge on any atom is 0.336 e. The Bertz CT molecular complexity index is 658. The van der Waals surface area contributed by atoms with Gasteiger partial charge in [-0.25, -0.2) is 13.6 Å². The largest absolute Gasteiger partial charge is 0.478 e. The van der Waals surface area contributed by atoms with Gasteiger partial charge in [-0.2, -0.15) is 0 Å². The van der Waals surface area contributed by atoms with Crippen molar-refractivity contribution in [2.24, 2.45) is 0 Å². The van der Waals surface area contributed by atoms with Gasteiger partial charge in [-0.1, -0.05) is 18.2 Å². The van der Waals surface area contributed by atoms with Crippen LogP contribution in [0.15, 0.2) is 42.5 Å². The summed E-state index contributed by atoms with van der Waals surface area (Å²) in [5, 5.41) is 9.09. The first kappa shape index (κ1) is 15.1. The van der Waals surface area contributed by atoms with E-state index in [2.05, 4.69) is 0 Å². The molecule has 0 heterocycles. The topological polar surface area (TPSA) is 40.5 Å². The molecule has 21 heavy (non-hydrogen) atoms. The number of hydrogen-bond acceptors (Lipinski definition) is 2. The second-order valence-corrected chi connectivity index (χ2v) is 4.91. The van der Waals surface area contributed by atoms with E-state index in [1.165, 1.54) is 24.3 Å². The number of nitrogens with zero attached hydrogens (tertiary/aromatic N) is 1. The summed E-state index contributed by atoms with van der Waals surface area (Å²) in [6.07, 6.45) is 0. The van der Waals surface area contributed by atoms with Crippen LogP contribution < -0.4 is 0 Å². The second-order valence-electron chi connectivity index (χ2n) is 4.91. The summed E-state index contributed by atoms with van der Waals surface area (Å²) >= 11 is 0. The van der Waals surface area contributed by atoms with Crippen LogP contribution in [0.4, 0.5) is 8.78 Å². The maximum atomic E-state index is 13.1. The van der Waals surface area contributed by atoms with Gasteiger partial charge in [0, 0.05) is 13.1 Å². The molecule has 2 aromatic rings. The van der Waals surface area contributed by atoms with Gasteiger partial charge < -0.3 is 5.11 Å². The molecule has 0 saturated heterocycles. The van der Waals surface area contributed by atoms with E-state index in [1.807, 2.05) is 4.90 Å². The standard InChI is InChI=1S/C16H15F2NO2/c1-19(9-11-3-2-4-13(17)7-11)10-12-5-6-14(18)8-15(12)16(20)21/h2-8H,9-10H2,1H3,(H,20,21). The molecular weight excluding hydrogens is 276 g/mol. The van der Waals surface area contributed by atoms with Crippen molar-refractivity contribution in [3.05, 3.63) is 70.8 Å². The average molecular weight is 291 g/mol. The third-order valence-electron chi connectivity index (χ3n) is 3.08. The minimum absolute atomic E-state index is 0.0545. The molecule has 5 heteroatoms. The van der Waals surface area contributed by atoms with Gasteiger partial charge in [0.05, 0.1) is 5.56 Å². The van der Waals surface area contributed by atoms with Crippen LogP contribution in [0, 0.1) is 11.6 Å². The molecule has 0 unspecified atom stereocenters. The fourth-order valence-corrected chi connectivity index (χ4v) is 2.18. The van der Waals surface area contributed by atoms with Crippen LogP contribution in [0.1, 0.15) is 21.5 Å². The SMILES string of the molecule is CN(Cc1cccc(F)c1)Cc1ccc(F)cc1C(=O)O. The highest BCUT2D eigenvalue weighted by Gasteiger charge is 2.13. The van der Waals surface area contributed by atoms with E-state index in [0.717, 1.165) is 11.6 Å². The first-order valence-electron chi connectivity index (χ1n) is 6.40. The minimum Gasteiger partial charge on any atom is -0.478 e. The van der Waals surface area contributed by atoms with Crippen molar-refractivity contribution in [3.8, 4) is 0 Å².